The number of hydrogen-bond donors (Lipinski definition) is 1. The lowest BCUT2D eigenvalue weighted by Crippen LogP contribution is -2.22. The van der Waals surface area contributed by atoms with Crippen molar-refractivity contribution in [3.63, 3.8) is 0 Å². The SMILES string of the molecule is O=C(O)c1ccc(F)c(Cn2nc3cnccn3c2=O)c1. The van der Waals surface area contributed by atoms with Gasteiger partial charge in [-0.15, -0.1) is 5.10 Å². The molecule has 0 amide bonds. The summed E-state index contributed by atoms with van der Waals surface area (Å²) in [5.41, 5.74) is -0.0944. The topological polar surface area (TPSA) is 89.5 Å². The zero-order valence-electron chi connectivity index (χ0n) is 10.6. The number of carbonyl (C=O) groups is 1. The molecule has 0 aliphatic rings. The molecule has 0 unspecified atom stereocenters. The Hall–Kier alpha value is -3.03. The molecule has 21 heavy (non-hydrogen) atoms. The normalized spacial score (nSPS) is 10.9. The first-order valence-electron chi connectivity index (χ1n) is 5.97. The van der Waals surface area contributed by atoms with E-state index in [9.17, 15) is 14.0 Å². The number of aromatic carboxylic acids is 1. The molecule has 106 valence electrons. The van der Waals surface area contributed by atoms with Crippen molar-refractivity contribution in [2.75, 3.05) is 0 Å². The summed E-state index contributed by atoms with van der Waals surface area (Å²) < 4.78 is 16.1. The molecule has 3 aromatic rings. The predicted molar refractivity (Wildman–Crippen MR) is 69.7 cm³/mol. The van der Waals surface area contributed by atoms with E-state index in [0.29, 0.717) is 5.65 Å². The quantitative estimate of drug-likeness (QED) is 0.769. The summed E-state index contributed by atoms with van der Waals surface area (Å²) in [5, 5.41) is 12.9. The summed E-state index contributed by atoms with van der Waals surface area (Å²) in [6.45, 7) is -0.159. The minimum Gasteiger partial charge on any atom is -0.478 e. The number of benzene rings is 1. The third-order valence-corrected chi connectivity index (χ3v) is 3.00. The minimum atomic E-state index is -1.16. The van der Waals surface area contributed by atoms with Crippen molar-refractivity contribution in [1.82, 2.24) is 19.2 Å². The molecular weight excluding hydrogens is 279 g/mol. The van der Waals surface area contributed by atoms with Gasteiger partial charge in [0.2, 0.25) is 0 Å². The molecule has 8 heteroatoms. The van der Waals surface area contributed by atoms with Gasteiger partial charge in [-0.1, -0.05) is 0 Å². The van der Waals surface area contributed by atoms with Gasteiger partial charge in [-0.2, -0.15) is 0 Å². The van der Waals surface area contributed by atoms with Crippen molar-refractivity contribution in [1.29, 1.82) is 0 Å². The van der Waals surface area contributed by atoms with E-state index >= 15 is 0 Å². The number of halogens is 1. The lowest BCUT2D eigenvalue weighted by atomic mass is 10.1. The monoisotopic (exact) mass is 288 g/mol. The van der Waals surface area contributed by atoms with Crippen molar-refractivity contribution < 1.29 is 14.3 Å². The summed E-state index contributed by atoms with van der Waals surface area (Å²) in [4.78, 5) is 26.8. The van der Waals surface area contributed by atoms with E-state index in [-0.39, 0.29) is 17.7 Å². The third-order valence-electron chi connectivity index (χ3n) is 3.00. The molecule has 0 saturated heterocycles. The Morgan fingerprint density at radius 1 is 1.38 bits per heavy atom. The van der Waals surface area contributed by atoms with Crippen LogP contribution in [0.15, 0.2) is 41.6 Å². The summed E-state index contributed by atoms with van der Waals surface area (Å²) in [5.74, 6) is -1.76. The maximum atomic E-state index is 13.8. The van der Waals surface area contributed by atoms with E-state index in [1.54, 1.807) is 0 Å². The van der Waals surface area contributed by atoms with E-state index in [4.69, 9.17) is 5.11 Å². The van der Waals surface area contributed by atoms with Crippen LogP contribution in [0.4, 0.5) is 4.39 Å². The van der Waals surface area contributed by atoms with Gasteiger partial charge < -0.3 is 5.11 Å². The largest absolute Gasteiger partial charge is 0.478 e. The molecule has 2 aromatic heterocycles. The van der Waals surface area contributed by atoms with Crippen LogP contribution in [0.25, 0.3) is 5.65 Å². The molecule has 0 bridgehead atoms. The second-order valence-electron chi connectivity index (χ2n) is 4.36. The van der Waals surface area contributed by atoms with Crippen molar-refractivity contribution in [3.05, 3.63) is 64.2 Å². The summed E-state index contributed by atoms with van der Waals surface area (Å²) in [6, 6.07) is 3.41. The van der Waals surface area contributed by atoms with Gasteiger partial charge in [-0.25, -0.2) is 23.1 Å². The van der Waals surface area contributed by atoms with Crippen molar-refractivity contribution >= 4 is 11.6 Å². The zero-order chi connectivity index (χ0) is 15.0. The van der Waals surface area contributed by atoms with Crippen molar-refractivity contribution in [2.24, 2.45) is 0 Å². The number of carboxylic acid groups (broad SMARTS) is 1. The number of carboxylic acids is 1. The number of aromatic nitrogens is 4. The van der Waals surface area contributed by atoms with Crippen LogP contribution in [0.5, 0.6) is 0 Å². The Labute approximate surface area is 116 Å². The summed E-state index contributed by atoms with van der Waals surface area (Å²) >= 11 is 0. The Balaban J connectivity index is 2.06. The fourth-order valence-corrected chi connectivity index (χ4v) is 1.97. The molecular formula is C13H9FN4O3. The predicted octanol–water partition coefficient (Wildman–Crippen LogP) is 0.777. The van der Waals surface area contributed by atoms with Crippen LogP contribution in [0, 0.1) is 5.82 Å². The Kier molecular flexibility index (Phi) is 2.98. The third kappa shape index (κ3) is 2.27. The molecule has 0 aliphatic carbocycles. The van der Waals surface area contributed by atoms with Gasteiger partial charge in [-0.3, -0.25) is 4.98 Å². The number of hydrogen-bond acceptors (Lipinski definition) is 4. The van der Waals surface area contributed by atoms with Crippen LogP contribution in [0.2, 0.25) is 0 Å². The van der Waals surface area contributed by atoms with Crippen LogP contribution in [-0.4, -0.2) is 30.2 Å². The Bertz CT molecular complexity index is 900. The maximum Gasteiger partial charge on any atom is 0.350 e. The fourth-order valence-electron chi connectivity index (χ4n) is 1.97. The van der Waals surface area contributed by atoms with Crippen molar-refractivity contribution in [2.45, 2.75) is 6.54 Å². The molecule has 0 saturated carbocycles. The Morgan fingerprint density at radius 2 is 2.19 bits per heavy atom. The molecule has 1 aromatic carbocycles. The lowest BCUT2D eigenvalue weighted by molar-refractivity contribution is 0.0696. The van der Waals surface area contributed by atoms with Crippen LogP contribution >= 0.6 is 0 Å². The summed E-state index contributed by atoms with van der Waals surface area (Å²) in [7, 11) is 0. The maximum absolute atomic E-state index is 13.8. The first-order valence-corrected chi connectivity index (χ1v) is 5.97. The molecule has 0 radical (unpaired) electrons. The highest BCUT2D eigenvalue weighted by atomic mass is 19.1. The van der Waals surface area contributed by atoms with E-state index in [1.165, 1.54) is 29.1 Å². The molecule has 1 N–H and O–H groups in total. The van der Waals surface area contributed by atoms with E-state index in [0.717, 1.165) is 16.8 Å². The molecule has 7 nitrogen and oxygen atoms in total. The lowest BCUT2D eigenvalue weighted by Gasteiger charge is -2.03. The van der Waals surface area contributed by atoms with Gasteiger partial charge in [0.25, 0.3) is 0 Å². The van der Waals surface area contributed by atoms with Crippen molar-refractivity contribution in [3.8, 4) is 0 Å². The first kappa shape index (κ1) is 13.0. The molecule has 0 spiro atoms. The standard InChI is InChI=1S/C13H9FN4O3/c14-10-2-1-8(12(19)20)5-9(10)7-18-13(21)17-4-3-15-6-11(17)16-18/h1-6H,7H2,(H,19,20). The van der Waals surface area contributed by atoms with Gasteiger partial charge in [0, 0.05) is 18.0 Å². The van der Waals surface area contributed by atoms with Gasteiger partial charge in [0.15, 0.2) is 5.65 Å². The fraction of sp³-hybridized carbons (Fsp3) is 0.0769. The first-order chi connectivity index (χ1) is 10.1. The van der Waals surface area contributed by atoms with Crippen LogP contribution in [0.3, 0.4) is 0 Å². The molecule has 0 fully saturated rings. The van der Waals surface area contributed by atoms with E-state index in [1.807, 2.05) is 0 Å². The van der Waals surface area contributed by atoms with Crippen LogP contribution < -0.4 is 5.69 Å². The minimum absolute atomic E-state index is 0.0510. The van der Waals surface area contributed by atoms with Gasteiger partial charge in [0.1, 0.15) is 5.82 Å². The highest BCUT2D eigenvalue weighted by molar-refractivity contribution is 5.87. The van der Waals surface area contributed by atoms with Gasteiger partial charge in [0.05, 0.1) is 18.3 Å². The molecule has 0 aliphatic heterocycles. The second kappa shape index (κ2) is 4.82. The highest BCUT2D eigenvalue weighted by Gasteiger charge is 2.12. The number of rotatable bonds is 3. The highest BCUT2D eigenvalue weighted by Crippen LogP contribution is 2.12. The average Bonchev–Trinajstić information content (AvgIpc) is 2.78. The number of nitrogens with zero attached hydrogens (tertiary/aromatic N) is 4. The molecule has 3 rings (SSSR count). The Morgan fingerprint density at radius 3 is 2.90 bits per heavy atom. The van der Waals surface area contributed by atoms with Crippen LogP contribution in [-0.2, 0) is 6.54 Å². The van der Waals surface area contributed by atoms with Gasteiger partial charge >= 0.3 is 11.7 Å². The van der Waals surface area contributed by atoms with Crippen LogP contribution in [0.1, 0.15) is 15.9 Å². The number of fused-ring (bicyclic) bond motifs is 1. The van der Waals surface area contributed by atoms with E-state index < -0.39 is 17.5 Å². The zero-order valence-corrected chi connectivity index (χ0v) is 10.6. The molecule has 2 heterocycles. The summed E-state index contributed by atoms with van der Waals surface area (Å²) in [6.07, 6.45) is 4.29. The smallest absolute Gasteiger partial charge is 0.350 e. The van der Waals surface area contributed by atoms with Gasteiger partial charge in [-0.05, 0) is 18.2 Å². The van der Waals surface area contributed by atoms with E-state index in [2.05, 4.69) is 10.1 Å². The second-order valence-corrected chi connectivity index (χ2v) is 4.36. The average molecular weight is 288 g/mol. The molecule has 0 atom stereocenters.